The highest BCUT2D eigenvalue weighted by Crippen LogP contribution is 2.27. The SMILES string of the molecule is O=C(Nc1ccccc1)Nc1cccc(NC(=O)C2=NOC(c3ccccc3)C2)c1. The third-order valence-corrected chi connectivity index (χ3v) is 4.51. The van der Waals surface area contributed by atoms with Crippen LogP contribution in [-0.4, -0.2) is 17.6 Å². The largest absolute Gasteiger partial charge is 0.387 e. The number of carbonyl (C=O) groups excluding carboxylic acids is 2. The van der Waals surface area contributed by atoms with E-state index >= 15 is 0 Å². The molecule has 0 saturated heterocycles. The molecule has 0 radical (unpaired) electrons. The number of para-hydroxylation sites is 1. The van der Waals surface area contributed by atoms with Gasteiger partial charge in [0.05, 0.1) is 0 Å². The predicted octanol–water partition coefficient (Wildman–Crippen LogP) is 4.79. The second-order valence-electron chi connectivity index (χ2n) is 6.73. The lowest BCUT2D eigenvalue weighted by Crippen LogP contribution is -2.22. The molecule has 1 unspecified atom stereocenters. The van der Waals surface area contributed by atoms with Crippen LogP contribution in [-0.2, 0) is 9.63 Å². The molecule has 0 spiro atoms. The number of nitrogens with zero attached hydrogens (tertiary/aromatic N) is 1. The van der Waals surface area contributed by atoms with E-state index in [4.69, 9.17) is 4.84 Å². The molecule has 30 heavy (non-hydrogen) atoms. The van der Waals surface area contributed by atoms with Crippen molar-refractivity contribution in [1.82, 2.24) is 0 Å². The van der Waals surface area contributed by atoms with Gasteiger partial charge in [-0.05, 0) is 35.9 Å². The van der Waals surface area contributed by atoms with Crippen molar-refractivity contribution < 1.29 is 14.4 Å². The van der Waals surface area contributed by atoms with Crippen LogP contribution in [0.4, 0.5) is 21.9 Å². The summed E-state index contributed by atoms with van der Waals surface area (Å²) in [5, 5.41) is 12.2. The minimum Gasteiger partial charge on any atom is -0.387 e. The van der Waals surface area contributed by atoms with Crippen molar-refractivity contribution in [1.29, 1.82) is 0 Å². The highest BCUT2D eigenvalue weighted by Gasteiger charge is 2.27. The van der Waals surface area contributed by atoms with Gasteiger partial charge < -0.3 is 20.8 Å². The van der Waals surface area contributed by atoms with Gasteiger partial charge in [-0.2, -0.15) is 0 Å². The monoisotopic (exact) mass is 400 g/mol. The maximum absolute atomic E-state index is 12.5. The van der Waals surface area contributed by atoms with Crippen LogP contribution < -0.4 is 16.0 Å². The lowest BCUT2D eigenvalue weighted by molar-refractivity contribution is -0.110. The molecule has 7 nitrogen and oxygen atoms in total. The predicted molar refractivity (Wildman–Crippen MR) is 116 cm³/mol. The lowest BCUT2D eigenvalue weighted by atomic mass is 10.0. The quantitative estimate of drug-likeness (QED) is 0.575. The third kappa shape index (κ3) is 4.82. The van der Waals surface area contributed by atoms with Gasteiger partial charge in [0.25, 0.3) is 5.91 Å². The van der Waals surface area contributed by atoms with Crippen LogP contribution in [0.15, 0.2) is 90.1 Å². The van der Waals surface area contributed by atoms with Gasteiger partial charge in [0, 0.05) is 23.5 Å². The van der Waals surface area contributed by atoms with Crippen molar-refractivity contribution in [2.45, 2.75) is 12.5 Å². The van der Waals surface area contributed by atoms with Crippen molar-refractivity contribution in [3.05, 3.63) is 90.5 Å². The molecule has 3 aromatic carbocycles. The molecule has 1 heterocycles. The van der Waals surface area contributed by atoms with Gasteiger partial charge in [-0.15, -0.1) is 0 Å². The van der Waals surface area contributed by atoms with E-state index in [0.717, 1.165) is 5.56 Å². The number of amides is 3. The van der Waals surface area contributed by atoms with E-state index in [1.807, 2.05) is 48.5 Å². The van der Waals surface area contributed by atoms with E-state index in [1.54, 1.807) is 36.4 Å². The molecule has 3 N–H and O–H groups in total. The fraction of sp³-hybridized carbons (Fsp3) is 0.0870. The zero-order valence-corrected chi connectivity index (χ0v) is 16.0. The lowest BCUT2D eigenvalue weighted by Gasteiger charge is -2.10. The van der Waals surface area contributed by atoms with Crippen molar-refractivity contribution in [3.8, 4) is 0 Å². The van der Waals surface area contributed by atoms with Gasteiger partial charge in [0.1, 0.15) is 5.71 Å². The van der Waals surface area contributed by atoms with E-state index in [-0.39, 0.29) is 18.0 Å². The Labute approximate surface area is 173 Å². The molecule has 1 atom stereocenters. The van der Waals surface area contributed by atoms with Gasteiger partial charge in [0.15, 0.2) is 6.10 Å². The van der Waals surface area contributed by atoms with Crippen LogP contribution >= 0.6 is 0 Å². The number of hydrogen-bond acceptors (Lipinski definition) is 4. The number of benzene rings is 3. The van der Waals surface area contributed by atoms with Crippen LogP contribution in [0.5, 0.6) is 0 Å². The second-order valence-corrected chi connectivity index (χ2v) is 6.73. The van der Waals surface area contributed by atoms with Crippen LogP contribution in [0.2, 0.25) is 0 Å². The van der Waals surface area contributed by atoms with Crippen LogP contribution in [0, 0.1) is 0 Å². The zero-order chi connectivity index (χ0) is 20.8. The average Bonchev–Trinajstić information content (AvgIpc) is 3.26. The molecule has 7 heteroatoms. The summed E-state index contributed by atoms with van der Waals surface area (Å²) in [4.78, 5) is 30.1. The van der Waals surface area contributed by atoms with Gasteiger partial charge in [-0.3, -0.25) is 4.79 Å². The molecule has 150 valence electrons. The maximum Gasteiger partial charge on any atom is 0.323 e. The number of carbonyl (C=O) groups is 2. The third-order valence-electron chi connectivity index (χ3n) is 4.51. The van der Waals surface area contributed by atoms with Crippen molar-refractivity contribution >= 4 is 34.7 Å². The molecule has 0 fully saturated rings. The minimum atomic E-state index is -0.371. The number of hydrogen-bond donors (Lipinski definition) is 3. The summed E-state index contributed by atoms with van der Waals surface area (Å²) in [7, 11) is 0. The standard InChI is InChI=1S/C23H20N4O3/c28-22(20-15-21(30-27-20)16-8-3-1-4-9-16)24-18-12-7-13-19(14-18)26-23(29)25-17-10-5-2-6-11-17/h1-14,21H,15H2,(H,24,28)(H2,25,26,29). The Bertz CT molecular complexity index is 1070. The van der Waals surface area contributed by atoms with Gasteiger partial charge in [-0.1, -0.05) is 59.8 Å². The summed E-state index contributed by atoms with van der Waals surface area (Å²) in [6, 6.07) is 25.3. The molecule has 0 bridgehead atoms. The molecular formula is C23H20N4O3. The number of rotatable bonds is 5. The van der Waals surface area contributed by atoms with E-state index < -0.39 is 0 Å². The Hall–Kier alpha value is -4.13. The molecule has 1 aliphatic rings. The number of anilines is 3. The molecule has 3 aromatic rings. The van der Waals surface area contributed by atoms with E-state index in [9.17, 15) is 9.59 Å². The van der Waals surface area contributed by atoms with Crippen LogP contribution in [0.3, 0.4) is 0 Å². The molecule has 3 amide bonds. The summed E-state index contributed by atoms with van der Waals surface area (Å²) < 4.78 is 0. The van der Waals surface area contributed by atoms with Gasteiger partial charge in [0.2, 0.25) is 0 Å². The van der Waals surface area contributed by atoms with Crippen molar-refractivity contribution in [2.24, 2.45) is 5.16 Å². The molecule has 0 aromatic heterocycles. The van der Waals surface area contributed by atoms with E-state index in [1.165, 1.54) is 0 Å². The summed E-state index contributed by atoms with van der Waals surface area (Å²) in [5.41, 5.74) is 3.08. The van der Waals surface area contributed by atoms with Gasteiger partial charge in [-0.25, -0.2) is 4.79 Å². The smallest absolute Gasteiger partial charge is 0.323 e. The highest BCUT2D eigenvalue weighted by atomic mass is 16.6. The molecule has 1 aliphatic heterocycles. The summed E-state index contributed by atoms with van der Waals surface area (Å²) in [6.07, 6.45) is 0.134. The van der Waals surface area contributed by atoms with Crippen molar-refractivity contribution in [3.63, 3.8) is 0 Å². The Morgan fingerprint density at radius 3 is 2.10 bits per heavy atom. The van der Waals surface area contributed by atoms with Crippen molar-refractivity contribution in [2.75, 3.05) is 16.0 Å². The topological polar surface area (TPSA) is 91.8 Å². The Kier molecular flexibility index (Phi) is 5.70. The molecule has 0 aliphatic carbocycles. The van der Waals surface area contributed by atoms with Crippen LogP contribution in [0.1, 0.15) is 18.1 Å². The molecular weight excluding hydrogens is 380 g/mol. The van der Waals surface area contributed by atoms with E-state index in [2.05, 4.69) is 21.1 Å². The minimum absolute atomic E-state index is 0.262. The fourth-order valence-corrected chi connectivity index (χ4v) is 3.05. The fourth-order valence-electron chi connectivity index (χ4n) is 3.05. The zero-order valence-electron chi connectivity index (χ0n) is 16.0. The first kappa shape index (κ1) is 19.2. The second kappa shape index (κ2) is 8.91. The first-order valence-electron chi connectivity index (χ1n) is 9.49. The molecule has 0 saturated carbocycles. The summed E-state index contributed by atoms with van der Waals surface area (Å²) >= 11 is 0. The molecule has 4 rings (SSSR count). The first-order chi connectivity index (χ1) is 14.7. The summed E-state index contributed by atoms with van der Waals surface area (Å²) in [5.74, 6) is -0.334. The van der Waals surface area contributed by atoms with Gasteiger partial charge >= 0.3 is 6.03 Å². The highest BCUT2D eigenvalue weighted by molar-refractivity contribution is 6.43. The number of nitrogens with one attached hydrogen (secondary N) is 3. The number of urea groups is 1. The van der Waals surface area contributed by atoms with E-state index in [0.29, 0.717) is 29.2 Å². The normalized spacial score (nSPS) is 14.9. The summed E-state index contributed by atoms with van der Waals surface area (Å²) in [6.45, 7) is 0. The number of oxime groups is 1. The Balaban J connectivity index is 1.34. The average molecular weight is 400 g/mol. The van der Waals surface area contributed by atoms with Crippen LogP contribution in [0.25, 0.3) is 0 Å². The maximum atomic E-state index is 12.5. The Morgan fingerprint density at radius 2 is 1.37 bits per heavy atom. The Morgan fingerprint density at radius 1 is 0.767 bits per heavy atom. The first-order valence-corrected chi connectivity index (χ1v) is 9.49.